The number of benzene rings is 2. The van der Waals surface area contributed by atoms with Gasteiger partial charge in [-0.15, -0.1) is 10.2 Å². The van der Waals surface area contributed by atoms with E-state index in [-0.39, 0.29) is 11.8 Å². The van der Waals surface area contributed by atoms with E-state index < -0.39 is 0 Å². The van der Waals surface area contributed by atoms with Crippen LogP contribution in [0, 0.1) is 12.8 Å². The summed E-state index contributed by atoms with van der Waals surface area (Å²) < 4.78 is 0. The topological polar surface area (TPSA) is 84.0 Å². The van der Waals surface area contributed by atoms with E-state index in [0.29, 0.717) is 22.2 Å². The number of hydrogen-bond acceptors (Lipinski definition) is 5. The Balaban J connectivity index is 1.51. The molecular formula is C21H20N4O2S. The monoisotopic (exact) mass is 392 g/mol. The van der Waals surface area contributed by atoms with Gasteiger partial charge in [0.1, 0.15) is 5.51 Å². The Morgan fingerprint density at radius 3 is 2.50 bits per heavy atom. The smallest absolute Gasteiger partial charge is 0.257 e. The number of carbonyl (C=O) groups is 2. The van der Waals surface area contributed by atoms with Crippen LogP contribution in [0.5, 0.6) is 0 Å². The van der Waals surface area contributed by atoms with Gasteiger partial charge >= 0.3 is 0 Å². The van der Waals surface area contributed by atoms with Gasteiger partial charge in [0, 0.05) is 17.7 Å². The maximum atomic E-state index is 12.5. The fourth-order valence-corrected chi connectivity index (χ4v) is 3.37. The first-order valence-corrected chi connectivity index (χ1v) is 10.0. The van der Waals surface area contributed by atoms with Crippen LogP contribution in [0.25, 0.3) is 11.1 Å². The van der Waals surface area contributed by atoms with E-state index in [1.807, 2.05) is 43.3 Å². The van der Waals surface area contributed by atoms with Crippen LogP contribution in [-0.2, 0) is 0 Å². The molecule has 142 valence electrons. The van der Waals surface area contributed by atoms with Gasteiger partial charge in [-0.2, -0.15) is 0 Å². The maximum absolute atomic E-state index is 12.5. The number of hydrogen-bond donors (Lipinski definition) is 2. The molecule has 1 fully saturated rings. The zero-order valence-corrected chi connectivity index (χ0v) is 16.3. The predicted molar refractivity (Wildman–Crippen MR) is 110 cm³/mol. The molecular weight excluding hydrogens is 372 g/mol. The molecule has 1 aromatic heterocycles. The number of nitrogens with zero attached hydrogens (tertiary/aromatic N) is 2. The normalized spacial score (nSPS) is 13.2. The number of nitrogens with one attached hydrogen (secondary N) is 2. The van der Waals surface area contributed by atoms with Gasteiger partial charge in [0.2, 0.25) is 5.13 Å². The number of aromatic nitrogens is 2. The van der Waals surface area contributed by atoms with Crippen molar-refractivity contribution in [1.82, 2.24) is 15.5 Å². The SMILES string of the molecule is Cc1ccc(C(=O)Nc2nncs2)cc1-c1ccc(C(=O)NCC2CC2)cc1. The summed E-state index contributed by atoms with van der Waals surface area (Å²) in [6.07, 6.45) is 2.42. The summed E-state index contributed by atoms with van der Waals surface area (Å²) in [6, 6.07) is 13.0. The molecule has 0 atom stereocenters. The van der Waals surface area contributed by atoms with Crippen molar-refractivity contribution in [1.29, 1.82) is 0 Å². The maximum Gasteiger partial charge on any atom is 0.257 e. The Bertz CT molecular complexity index is 996. The van der Waals surface area contributed by atoms with Crippen LogP contribution in [0.3, 0.4) is 0 Å². The lowest BCUT2D eigenvalue weighted by Gasteiger charge is -2.10. The zero-order chi connectivity index (χ0) is 19.5. The van der Waals surface area contributed by atoms with E-state index in [1.54, 1.807) is 11.6 Å². The van der Waals surface area contributed by atoms with Crippen LogP contribution in [0.15, 0.2) is 48.0 Å². The highest BCUT2D eigenvalue weighted by Crippen LogP contribution is 2.28. The molecule has 4 rings (SSSR count). The average molecular weight is 392 g/mol. The standard InChI is InChI=1S/C21H20N4O2S/c1-13-2-5-17(20(27)24-21-25-23-12-28-21)10-18(13)15-6-8-16(9-7-15)19(26)22-11-14-3-4-14/h2,5-10,12,14H,3-4,11H2,1H3,(H,22,26)(H,24,25,27). The fraction of sp³-hybridized carbons (Fsp3) is 0.238. The van der Waals surface area contributed by atoms with Gasteiger partial charge in [-0.1, -0.05) is 29.5 Å². The average Bonchev–Trinajstić information content (AvgIpc) is 3.41. The highest BCUT2D eigenvalue weighted by molar-refractivity contribution is 7.13. The van der Waals surface area contributed by atoms with Crippen LogP contribution >= 0.6 is 11.3 Å². The van der Waals surface area contributed by atoms with E-state index in [9.17, 15) is 9.59 Å². The number of rotatable bonds is 6. The van der Waals surface area contributed by atoms with Crippen LogP contribution in [0.4, 0.5) is 5.13 Å². The molecule has 1 saturated carbocycles. The van der Waals surface area contributed by atoms with E-state index >= 15 is 0 Å². The Hall–Kier alpha value is -3.06. The Labute approximate surface area is 167 Å². The molecule has 3 aromatic rings. The summed E-state index contributed by atoms with van der Waals surface area (Å²) in [5.74, 6) is 0.384. The third kappa shape index (κ3) is 4.26. The number of aryl methyl sites for hydroxylation is 1. The van der Waals surface area contributed by atoms with Gasteiger partial charge in [0.15, 0.2) is 0 Å². The van der Waals surface area contributed by atoms with Crippen LogP contribution < -0.4 is 10.6 Å². The van der Waals surface area contributed by atoms with Gasteiger partial charge in [-0.3, -0.25) is 14.9 Å². The van der Waals surface area contributed by atoms with E-state index in [2.05, 4.69) is 20.8 Å². The molecule has 6 nitrogen and oxygen atoms in total. The second-order valence-electron chi connectivity index (χ2n) is 6.96. The summed E-state index contributed by atoms with van der Waals surface area (Å²) in [5, 5.41) is 13.7. The van der Waals surface area contributed by atoms with Crippen molar-refractivity contribution in [3.63, 3.8) is 0 Å². The first kappa shape index (κ1) is 18.3. The minimum absolute atomic E-state index is 0.0413. The quantitative estimate of drug-likeness (QED) is 0.666. The second kappa shape index (κ2) is 7.90. The van der Waals surface area contributed by atoms with Gasteiger partial charge in [-0.05, 0) is 66.6 Å². The van der Waals surface area contributed by atoms with Crippen molar-refractivity contribution >= 4 is 28.3 Å². The zero-order valence-electron chi connectivity index (χ0n) is 15.4. The van der Waals surface area contributed by atoms with Crippen LogP contribution in [0.1, 0.15) is 39.1 Å². The molecule has 0 spiro atoms. The highest BCUT2D eigenvalue weighted by Gasteiger charge is 2.21. The molecule has 2 amide bonds. The van der Waals surface area contributed by atoms with Crippen molar-refractivity contribution in [2.45, 2.75) is 19.8 Å². The molecule has 7 heteroatoms. The Kier molecular flexibility index (Phi) is 5.16. The molecule has 0 aliphatic heterocycles. The molecule has 2 aromatic carbocycles. The lowest BCUT2D eigenvalue weighted by Crippen LogP contribution is -2.25. The first-order chi connectivity index (χ1) is 13.6. The predicted octanol–water partition coefficient (Wildman–Crippen LogP) is 3.91. The van der Waals surface area contributed by atoms with Crippen molar-refractivity contribution < 1.29 is 9.59 Å². The largest absolute Gasteiger partial charge is 0.352 e. The van der Waals surface area contributed by atoms with Crippen molar-refractivity contribution in [2.75, 3.05) is 11.9 Å². The van der Waals surface area contributed by atoms with E-state index in [1.165, 1.54) is 24.2 Å². The minimum Gasteiger partial charge on any atom is -0.352 e. The van der Waals surface area contributed by atoms with Gasteiger partial charge < -0.3 is 5.32 Å². The van der Waals surface area contributed by atoms with E-state index in [4.69, 9.17) is 0 Å². The number of anilines is 1. The van der Waals surface area contributed by atoms with Crippen LogP contribution in [-0.4, -0.2) is 28.6 Å². The molecule has 0 unspecified atom stereocenters. The first-order valence-electron chi connectivity index (χ1n) is 9.17. The number of amides is 2. The van der Waals surface area contributed by atoms with Crippen molar-refractivity contribution in [2.24, 2.45) is 5.92 Å². The fourth-order valence-electron chi connectivity index (χ4n) is 2.93. The highest BCUT2D eigenvalue weighted by atomic mass is 32.1. The minimum atomic E-state index is -0.228. The molecule has 2 N–H and O–H groups in total. The van der Waals surface area contributed by atoms with Crippen LogP contribution in [0.2, 0.25) is 0 Å². The summed E-state index contributed by atoms with van der Waals surface area (Å²) in [4.78, 5) is 24.7. The van der Waals surface area contributed by atoms with Gasteiger partial charge in [-0.25, -0.2) is 0 Å². The molecule has 0 radical (unpaired) electrons. The Morgan fingerprint density at radius 1 is 1.07 bits per heavy atom. The molecule has 0 bridgehead atoms. The summed E-state index contributed by atoms with van der Waals surface area (Å²) >= 11 is 1.27. The summed E-state index contributed by atoms with van der Waals surface area (Å²) in [5.41, 5.74) is 5.72. The molecule has 1 aliphatic carbocycles. The lowest BCUT2D eigenvalue weighted by atomic mass is 9.97. The second-order valence-corrected chi connectivity index (χ2v) is 7.79. The van der Waals surface area contributed by atoms with Gasteiger partial charge in [0.05, 0.1) is 0 Å². The van der Waals surface area contributed by atoms with Crippen molar-refractivity contribution in [3.8, 4) is 11.1 Å². The third-order valence-electron chi connectivity index (χ3n) is 4.79. The molecule has 0 saturated heterocycles. The molecule has 1 aliphatic rings. The molecule has 1 heterocycles. The molecule has 28 heavy (non-hydrogen) atoms. The van der Waals surface area contributed by atoms with Gasteiger partial charge in [0.25, 0.3) is 11.8 Å². The third-order valence-corrected chi connectivity index (χ3v) is 5.39. The summed E-state index contributed by atoms with van der Waals surface area (Å²) in [7, 11) is 0. The number of carbonyl (C=O) groups excluding carboxylic acids is 2. The lowest BCUT2D eigenvalue weighted by molar-refractivity contribution is 0.0951. The van der Waals surface area contributed by atoms with E-state index in [0.717, 1.165) is 23.2 Å². The summed E-state index contributed by atoms with van der Waals surface area (Å²) in [6.45, 7) is 2.75. The van der Waals surface area contributed by atoms with Crippen molar-refractivity contribution in [3.05, 3.63) is 64.7 Å². The Morgan fingerprint density at radius 2 is 1.82 bits per heavy atom.